The van der Waals surface area contributed by atoms with Crippen molar-refractivity contribution in [3.05, 3.63) is 53.1 Å². The molecule has 1 saturated heterocycles. The van der Waals surface area contributed by atoms with Crippen LogP contribution >= 0.6 is 11.6 Å². The number of amides is 2. The van der Waals surface area contributed by atoms with Crippen molar-refractivity contribution in [3.63, 3.8) is 0 Å². The van der Waals surface area contributed by atoms with Gasteiger partial charge in [-0.2, -0.15) is 0 Å². The van der Waals surface area contributed by atoms with Crippen LogP contribution in [0.1, 0.15) is 12.0 Å². The summed E-state index contributed by atoms with van der Waals surface area (Å²) in [5.74, 6) is 0.232. The van der Waals surface area contributed by atoms with E-state index in [4.69, 9.17) is 25.9 Å². The van der Waals surface area contributed by atoms with E-state index in [0.717, 1.165) is 17.7 Å². The second kappa shape index (κ2) is 6.97. The number of halogens is 1. The molecule has 2 aromatic carbocycles. The fourth-order valence-corrected chi connectivity index (χ4v) is 6.33. The van der Waals surface area contributed by atoms with Crippen LogP contribution in [0.2, 0.25) is 5.02 Å². The van der Waals surface area contributed by atoms with Crippen molar-refractivity contribution in [2.24, 2.45) is 34.7 Å². The summed E-state index contributed by atoms with van der Waals surface area (Å²) in [6.45, 7) is 0. The van der Waals surface area contributed by atoms with E-state index >= 15 is 0 Å². The summed E-state index contributed by atoms with van der Waals surface area (Å²) in [6, 6.07) is 12.4. The number of carbonyl (C=O) groups is 2. The number of oxime groups is 1. The second-order valence-corrected chi connectivity index (χ2v) is 9.18. The monoisotopic (exact) mass is 452 g/mol. The summed E-state index contributed by atoms with van der Waals surface area (Å²) in [6.07, 6.45) is 0.582. The number of hydrogen-bond donors (Lipinski definition) is 0. The quantitative estimate of drug-likeness (QED) is 0.663. The molecule has 2 amide bonds. The molecular formula is C24H21ClN2O5. The highest BCUT2D eigenvalue weighted by molar-refractivity contribution is 6.31. The Balaban J connectivity index is 1.35. The number of ether oxygens (including phenoxy) is 2. The predicted molar refractivity (Wildman–Crippen MR) is 117 cm³/mol. The fourth-order valence-electron chi connectivity index (χ4n) is 6.20. The van der Waals surface area contributed by atoms with Crippen LogP contribution in [0.3, 0.4) is 0 Å². The average Bonchev–Trinajstić information content (AvgIpc) is 3.54. The summed E-state index contributed by atoms with van der Waals surface area (Å²) >= 11 is 5.99. The molecular weight excluding hydrogens is 432 g/mol. The van der Waals surface area contributed by atoms with Gasteiger partial charge in [0.05, 0.1) is 37.5 Å². The van der Waals surface area contributed by atoms with Gasteiger partial charge in [-0.05, 0) is 48.7 Å². The zero-order valence-corrected chi connectivity index (χ0v) is 18.3. The molecule has 0 unspecified atom stereocenters. The van der Waals surface area contributed by atoms with Crippen LogP contribution in [0.5, 0.6) is 11.5 Å². The molecule has 2 heterocycles. The zero-order valence-electron chi connectivity index (χ0n) is 17.5. The van der Waals surface area contributed by atoms with Crippen molar-refractivity contribution >= 4 is 34.8 Å². The lowest BCUT2D eigenvalue weighted by atomic mass is 9.71. The third-order valence-electron chi connectivity index (χ3n) is 7.46. The van der Waals surface area contributed by atoms with Gasteiger partial charge >= 0.3 is 0 Å². The van der Waals surface area contributed by atoms with Gasteiger partial charge < -0.3 is 14.3 Å². The number of benzene rings is 2. The van der Waals surface area contributed by atoms with Gasteiger partial charge in [0.1, 0.15) is 17.6 Å². The SMILES string of the molecule is COc1ccc(C2=NO[C@@H]3[C@H]4C[C@@H]([C@H]23)[C@@H]2C(=O)N(c3ccc(Cl)cc3)C(=O)[C@H]42)c(OC)c1. The van der Waals surface area contributed by atoms with Gasteiger partial charge in [-0.15, -0.1) is 0 Å². The molecule has 3 fully saturated rings. The molecule has 7 nitrogen and oxygen atoms in total. The van der Waals surface area contributed by atoms with E-state index < -0.39 is 0 Å². The molecule has 6 rings (SSSR count). The lowest BCUT2D eigenvalue weighted by molar-refractivity contribution is -0.125. The lowest BCUT2D eigenvalue weighted by Crippen LogP contribution is -2.41. The smallest absolute Gasteiger partial charge is 0.238 e. The van der Waals surface area contributed by atoms with Gasteiger partial charge in [-0.3, -0.25) is 14.5 Å². The Kier molecular flexibility index (Phi) is 4.27. The number of hydrogen-bond acceptors (Lipinski definition) is 6. The lowest BCUT2D eigenvalue weighted by Gasteiger charge is -2.30. The molecule has 2 saturated carbocycles. The van der Waals surface area contributed by atoms with Crippen LogP contribution in [-0.4, -0.2) is 37.8 Å². The van der Waals surface area contributed by atoms with Crippen LogP contribution in [0.15, 0.2) is 47.6 Å². The van der Waals surface area contributed by atoms with E-state index in [1.54, 1.807) is 38.5 Å². The topological polar surface area (TPSA) is 77.4 Å². The van der Waals surface area contributed by atoms with Crippen molar-refractivity contribution in [3.8, 4) is 11.5 Å². The van der Waals surface area contributed by atoms with Crippen molar-refractivity contribution in [2.75, 3.05) is 19.1 Å². The number of imide groups is 1. The Hall–Kier alpha value is -3.06. The Labute approximate surface area is 189 Å². The second-order valence-electron chi connectivity index (χ2n) is 8.74. The number of anilines is 1. The maximum absolute atomic E-state index is 13.5. The number of nitrogens with zero attached hydrogens (tertiary/aromatic N) is 2. The minimum Gasteiger partial charge on any atom is -0.497 e. The van der Waals surface area contributed by atoms with Crippen molar-refractivity contribution in [1.82, 2.24) is 0 Å². The van der Waals surface area contributed by atoms with Gasteiger partial charge in [0.15, 0.2) is 0 Å². The van der Waals surface area contributed by atoms with Crippen LogP contribution in [0, 0.1) is 29.6 Å². The van der Waals surface area contributed by atoms with E-state index in [2.05, 4.69) is 5.16 Å². The van der Waals surface area contributed by atoms with E-state index in [-0.39, 0.29) is 47.5 Å². The first-order valence-electron chi connectivity index (χ1n) is 10.6. The summed E-state index contributed by atoms with van der Waals surface area (Å²) in [5, 5.41) is 4.97. The molecule has 0 aromatic heterocycles. The van der Waals surface area contributed by atoms with Gasteiger partial charge in [0.25, 0.3) is 0 Å². The third-order valence-corrected chi connectivity index (χ3v) is 7.71. The Bertz CT molecular complexity index is 1160. The van der Waals surface area contributed by atoms with Crippen molar-refractivity contribution in [2.45, 2.75) is 12.5 Å². The first-order chi connectivity index (χ1) is 15.5. The summed E-state index contributed by atoms with van der Waals surface area (Å²) in [7, 11) is 3.21. The highest BCUT2D eigenvalue weighted by atomic mass is 35.5. The van der Waals surface area contributed by atoms with Crippen LogP contribution in [-0.2, 0) is 14.4 Å². The molecule has 4 aliphatic rings. The average molecular weight is 453 g/mol. The van der Waals surface area contributed by atoms with Gasteiger partial charge in [0, 0.05) is 28.5 Å². The zero-order chi connectivity index (χ0) is 22.1. The summed E-state index contributed by atoms with van der Waals surface area (Å²) in [4.78, 5) is 34.0. The Morgan fingerprint density at radius 1 is 0.969 bits per heavy atom. The Morgan fingerprint density at radius 2 is 1.69 bits per heavy atom. The molecule has 2 aromatic rings. The van der Waals surface area contributed by atoms with Gasteiger partial charge in [-0.25, -0.2) is 0 Å². The number of methoxy groups -OCH3 is 2. The molecule has 6 atom stereocenters. The normalized spacial score (nSPS) is 32.0. The number of fused-ring (bicyclic) bond motifs is 8. The van der Waals surface area contributed by atoms with Crippen molar-refractivity contribution in [1.29, 1.82) is 0 Å². The molecule has 2 aliphatic carbocycles. The molecule has 0 radical (unpaired) electrons. The summed E-state index contributed by atoms with van der Waals surface area (Å²) < 4.78 is 10.9. The summed E-state index contributed by atoms with van der Waals surface area (Å²) in [5.41, 5.74) is 2.18. The molecule has 8 heteroatoms. The third kappa shape index (κ3) is 2.51. The molecule has 2 bridgehead atoms. The van der Waals surface area contributed by atoms with Crippen LogP contribution in [0.25, 0.3) is 0 Å². The van der Waals surface area contributed by atoms with E-state index in [1.807, 2.05) is 18.2 Å². The van der Waals surface area contributed by atoms with Crippen LogP contribution in [0.4, 0.5) is 5.69 Å². The van der Waals surface area contributed by atoms with Crippen molar-refractivity contribution < 1.29 is 23.9 Å². The van der Waals surface area contributed by atoms with E-state index in [0.29, 0.717) is 22.2 Å². The van der Waals surface area contributed by atoms with E-state index in [9.17, 15) is 9.59 Å². The van der Waals surface area contributed by atoms with Crippen LogP contribution < -0.4 is 14.4 Å². The minimum absolute atomic E-state index is 0.00296. The first kappa shape index (κ1) is 19.6. The maximum atomic E-state index is 13.5. The number of carbonyl (C=O) groups excluding carboxylic acids is 2. The predicted octanol–water partition coefficient (Wildman–Crippen LogP) is 3.53. The maximum Gasteiger partial charge on any atom is 0.238 e. The largest absolute Gasteiger partial charge is 0.497 e. The molecule has 0 N–H and O–H groups in total. The first-order valence-corrected chi connectivity index (χ1v) is 11.0. The van der Waals surface area contributed by atoms with Gasteiger partial charge in [0.2, 0.25) is 11.8 Å². The fraction of sp³-hybridized carbons (Fsp3) is 0.375. The number of rotatable bonds is 4. The van der Waals surface area contributed by atoms with E-state index in [1.165, 1.54) is 4.90 Å². The minimum atomic E-state index is -0.364. The Morgan fingerprint density at radius 3 is 2.38 bits per heavy atom. The molecule has 32 heavy (non-hydrogen) atoms. The highest BCUT2D eigenvalue weighted by Crippen LogP contribution is 2.62. The molecule has 0 spiro atoms. The highest BCUT2D eigenvalue weighted by Gasteiger charge is 2.70. The molecule has 2 aliphatic heterocycles. The molecule has 164 valence electrons. The standard InChI is InChI=1S/C24H21ClN2O5/c1-30-13-7-8-14(17(9-13)31-2)21-20-15-10-16(22(20)32-26-21)19-18(15)23(28)27(24(19)29)12-5-3-11(25)4-6-12/h3-9,15-16,18-20,22H,10H2,1-2H3/t15-,16+,18+,19-,20-,22-/m1/s1. The van der Waals surface area contributed by atoms with Gasteiger partial charge in [-0.1, -0.05) is 16.8 Å².